The van der Waals surface area contributed by atoms with Gasteiger partial charge in [-0.15, -0.1) is 0 Å². The van der Waals surface area contributed by atoms with Crippen molar-refractivity contribution in [3.05, 3.63) is 95.7 Å². The minimum absolute atomic E-state index is 0.0214. The maximum atomic E-state index is 13.8. The van der Waals surface area contributed by atoms with Gasteiger partial charge in [0.2, 0.25) is 0 Å². The highest BCUT2D eigenvalue weighted by atomic mass is 16.2. The monoisotopic (exact) mass is 510 g/mol. The topological polar surface area (TPSA) is 92.6 Å². The minimum Gasteiger partial charge on any atom is -0.353 e. The first-order chi connectivity index (χ1) is 18.4. The Morgan fingerprint density at radius 2 is 1.74 bits per heavy atom. The second kappa shape index (κ2) is 10.7. The highest BCUT2D eigenvalue weighted by Crippen LogP contribution is 2.35. The van der Waals surface area contributed by atoms with Crippen LogP contribution in [0, 0.1) is 11.3 Å². The maximum Gasteiger partial charge on any atom is 0.260 e. The molecule has 2 fully saturated rings. The number of piperazine rings is 1. The molecule has 0 spiro atoms. The summed E-state index contributed by atoms with van der Waals surface area (Å²) in [5.74, 6) is 1.11. The summed E-state index contributed by atoms with van der Waals surface area (Å²) in [6.45, 7) is 7.08. The molecule has 2 aliphatic rings. The number of carbonyl (C=O) groups is 2. The fraction of sp³-hybridized carbons (Fsp3) is 0.333. The summed E-state index contributed by atoms with van der Waals surface area (Å²) in [6, 6.07) is 22.9. The Bertz CT molecular complexity index is 1300. The number of guanidine groups is 1. The maximum absolute atomic E-state index is 13.8. The summed E-state index contributed by atoms with van der Waals surface area (Å²) >= 11 is 0. The predicted molar refractivity (Wildman–Crippen MR) is 148 cm³/mol. The molecule has 3 heterocycles. The number of aromatic nitrogens is 1. The van der Waals surface area contributed by atoms with Crippen LogP contribution in [-0.2, 0) is 16.9 Å². The number of amides is 2. The zero-order valence-corrected chi connectivity index (χ0v) is 21.9. The molecule has 8 heteroatoms. The van der Waals surface area contributed by atoms with Crippen LogP contribution in [0.5, 0.6) is 0 Å². The SMILES string of the molecule is CC(C)CC1(c2ccccc2)NC(=N)N(Cc2cccc(C(=O)N3CCN(c4ccccn4)CC3)c2)C1=O. The van der Waals surface area contributed by atoms with Gasteiger partial charge in [0.05, 0.1) is 6.54 Å². The predicted octanol–water partition coefficient (Wildman–Crippen LogP) is 3.85. The van der Waals surface area contributed by atoms with Gasteiger partial charge in [-0.2, -0.15) is 0 Å². The van der Waals surface area contributed by atoms with Gasteiger partial charge in [0.25, 0.3) is 11.8 Å². The summed E-state index contributed by atoms with van der Waals surface area (Å²) < 4.78 is 0. The molecule has 2 saturated heterocycles. The van der Waals surface area contributed by atoms with Gasteiger partial charge < -0.3 is 15.1 Å². The lowest BCUT2D eigenvalue weighted by molar-refractivity contribution is -0.132. The van der Waals surface area contributed by atoms with Crippen LogP contribution in [0.2, 0.25) is 0 Å². The van der Waals surface area contributed by atoms with Crippen LogP contribution in [0.1, 0.15) is 41.8 Å². The molecule has 2 aromatic carbocycles. The molecule has 5 rings (SSSR count). The Morgan fingerprint density at radius 1 is 1.00 bits per heavy atom. The van der Waals surface area contributed by atoms with Crippen LogP contribution in [0.15, 0.2) is 79.0 Å². The van der Waals surface area contributed by atoms with Crippen molar-refractivity contribution in [3.63, 3.8) is 0 Å². The van der Waals surface area contributed by atoms with Crippen LogP contribution in [0.4, 0.5) is 5.82 Å². The first kappa shape index (κ1) is 25.4. The van der Waals surface area contributed by atoms with Gasteiger partial charge in [0, 0.05) is 37.9 Å². The third-order valence-corrected chi connectivity index (χ3v) is 7.25. The van der Waals surface area contributed by atoms with Gasteiger partial charge in [-0.05, 0) is 47.7 Å². The smallest absolute Gasteiger partial charge is 0.260 e. The first-order valence-corrected chi connectivity index (χ1v) is 13.2. The van der Waals surface area contributed by atoms with Gasteiger partial charge in [-0.3, -0.25) is 19.9 Å². The van der Waals surface area contributed by atoms with E-state index in [1.165, 1.54) is 4.90 Å². The zero-order chi connectivity index (χ0) is 26.7. The fourth-order valence-electron chi connectivity index (χ4n) is 5.44. The number of nitrogens with one attached hydrogen (secondary N) is 2. The molecule has 1 aromatic heterocycles. The van der Waals surface area contributed by atoms with Crippen molar-refractivity contribution in [1.82, 2.24) is 20.1 Å². The first-order valence-electron chi connectivity index (χ1n) is 13.2. The highest BCUT2D eigenvalue weighted by molar-refractivity contribution is 6.08. The average molecular weight is 511 g/mol. The highest BCUT2D eigenvalue weighted by Gasteiger charge is 2.50. The Kier molecular flexibility index (Phi) is 7.13. The van der Waals surface area contributed by atoms with Crippen LogP contribution in [-0.4, -0.2) is 58.7 Å². The third kappa shape index (κ3) is 4.98. The molecular weight excluding hydrogens is 476 g/mol. The lowest BCUT2D eigenvalue weighted by Gasteiger charge is -2.35. The molecule has 2 aliphatic heterocycles. The summed E-state index contributed by atoms with van der Waals surface area (Å²) in [5, 5.41) is 11.8. The lowest BCUT2D eigenvalue weighted by Crippen LogP contribution is -2.49. The van der Waals surface area contributed by atoms with E-state index in [-0.39, 0.29) is 30.2 Å². The molecule has 0 bridgehead atoms. The number of benzene rings is 2. The quantitative estimate of drug-likeness (QED) is 0.504. The molecule has 196 valence electrons. The van der Waals surface area contributed by atoms with E-state index in [0.717, 1.165) is 30.0 Å². The molecule has 38 heavy (non-hydrogen) atoms. The van der Waals surface area contributed by atoms with Crippen LogP contribution in [0.3, 0.4) is 0 Å². The van der Waals surface area contributed by atoms with E-state index >= 15 is 0 Å². The number of carbonyl (C=O) groups excluding carboxylic acids is 2. The van der Waals surface area contributed by atoms with E-state index in [2.05, 4.69) is 29.0 Å². The molecule has 1 atom stereocenters. The molecule has 0 saturated carbocycles. The average Bonchev–Trinajstić information content (AvgIpc) is 3.18. The molecule has 0 radical (unpaired) electrons. The summed E-state index contributed by atoms with van der Waals surface area (Å²) in [7, 11) is 0. The van der Waals surface area contributed by atoms with Gasteiger partial charge in [0.1, 0.15) is 11.4 Å². The van der Waals surface area contributed by atoms with E-state index in [1.54, 1.807) is 6.20 Å². The van der Waals surface area contributed by atoms with Gasteiger partial charge >= 0.3 is 0 Å². The van der Waals surface area contributed by atoms with Crippen molar-refractivity contribution in [3.8, 4) is 0 Å². The molecule has 1 unspecified atom stereocenters. The Hall–Kier alpha value is -4.20. The lowest BCUT2D eigenvalue weighted by atomic mass is 9.82. The van der Waals surface area contributed by atoms with Gasteiger partial charge in [-0.25, -0.2) is 4.98 Å². The number of anilines is 1. The third-order valence-electron chi connectivity index (χ3n) is 7.25. The van der Waals surface area contributed by atoms with E-state index < -0.39 is 5.54 Å². The molecule has 0 aliphatic carbocycles. The Morgan fingerprint density at radius 3 is 2.42 bits per heavy atom. The van der Waals surface area contributed by atoms with E-state index in [4.69, 9.17) is 5.41 Å². The zero-order valence-electron chi connectivity index (χ0n) is 21.9. The molecule has 8 nitrogen and oxygen atoms in total. The fourth-order valence-corrected chi connectivity index (χ4v) is 5.44. The summed E-state index contributed by atoms with van der Waals surface area (Å²) in [4.78, 5) is 37.1. The molecule has 2 amide bonds. The van der Waals surface area contributed by atoms with Crippen LogP contribution in [0.25, 0.3) is 0 Å². The number of rotatable bonds is 7. The van der Waals surface area contributed by atoms with Crippen LogP contribution >= 0.6 is 0 Å². The second-order valence-corrected chi connectivity index (χ2v) is 10.4. The summed E-state index contributed by atoms with van der Waals surface area (Å²) in [6.07, 6.45) is 2.36. The van der Waals surface area contributed by atoms with Gasteiger partial charge in [-0.1, -0.05) is 62.4 Å². The Labute approximate surface area is 223 Å². The van der Waals surface area contributed by atoms with Crippen LogP contribution < -0.4 is 10.2 Å². The van der Waals surface area contributed by atoms with Crippen molar-refractivity contribution in [1.29, 1.82) is 5.41 Å². The van der Waals surface area contributed by atoms with Crippen molar-refractivity contribution in [2.45, 2.75) is 32.4 Å². The van der Waals surface area contributed by atoms with Crippen molar-refractivity contribution in [2.75, 3.05) is 31.1 Å². The van der Waals surface area contributed by atoms with Gasteiger partial charge in [0.15, 0.2) is 5.96 Å². The van der Waals surface area contributed by atoms with Crippen molar-refractivity contribution < 1.29 is 9.59 Å². The number of pyridine rings is 1. The van der Waals surface area contributed by atoms with E-state index in [0.29, 0.717) is 25.1 Å². The molecule has 2 N–H and O–H groups in total. The molecule has 3 aromatic rings. The normalized spacial score (nSPS) is 19.7. The second-order valence-electron chi connectivity index (χ2n) is 10.4. The standard InChI is InChI=1S/C30H34N6O2/c1-22(2)20-30(25-11-4-3-5-12-25)28(38)36(29(31)33-30)21-23-9-8-10-24(19-23)27(37)35-17-15-34(16-18-35)26-13-6-7-14-32-26/h3-14,19,22H,15-18,20-21H2,1-2H3,(H2,31,33). The number of hydrogen-bond donors (Lipinski definition) is 2. The van der Waals surface area contributed by atoms with E-state index in [1.807, 2.05) is 77.7 Å². The van der Waals surface area contributed by atoms with Crippen molar-refractivity contribution >= 4 is 23.6 Å². The molecular formula is C30H34N6O2. The number of nitrogens with zero attached hydrogens (tertiary/aromatic N) is 4. The van der Waals surface area contributed by atoms with E-state index in [9.17, 15) is 9.59 Å². The number of hydrogen-bond acceptors (Lipinski definition) is 5. The minimum atomic E-state index is -0.965. The Balaban J connectivity index is 1.29. The largest absolute Gasteiger partial charge is 0.353 e. The van der Waals surface area contributed by atoms with Crippen molar-refractivity contribution in [2.24, 2.45) is 5.92 Å². The summed E-state index contributed by atoms with van der Waals surface area (Å²) in [5.41, 5.74) is 1.31.